The molecule has 5 N–H and O–H groups in total. The van der Waals surface area contributed by atoms with Gasteiger partial charge in [0.2, 0.25) is 11.8 Å². The van der Waals surface area contributed by atoms with Gasteiger partial charge >= 0.3 is 5.97 Å². The summed E-state index contributed by atoms with van der Waals surface area (Å²) >= 11 is 0. The van der Waals surface area contributed by atoms with Crippen LogP contribution < -0.4 is 16.4 Å². The lowest BCUT2D eigenvalue weighted by Gasteiger charge is -2.32. The molecule has 2 aromatic rings. The van der Waals surface area contributed by atoms with Crippen LogP contribution in [0.4, 0.5) is 0 Å². The summed E-state index contributed by atoms with van der Waals surface area (Å²) in [4.78, 5) is 70.4. The van der Waals surface area contributed by atoms with E-state index in [0.717, 1.165) is 24.8 Å². The first-order valence-electron chi connectivity index (χ1n) is 15.4. The number of nitrogens with two attached hydrogens (primary N) is 1. The number of hydrogen-bond donors (Lipinski definition) is 4. The van der Waals surface area contributed by atoms with Gasteiger partial charge < -0.3 is 31.1 Å². The molecule has 0 saturated carbocycles. The van der Waals surface area contributed by atoms with Crippen molar-refractivity contribution < 1.29 is 33.8 Å². The van der Waals surface area contributed by atoms with Gasteiger partial charge in [0, 0.05) is 12.7 Å². The molecule has 12 nitrogen and oxygen atoms in total. The Morgan fingerprint density at radius 2 is 1.78 bits per heavy atom. The van der Waals surface area contributed by atoms with Crippen molar-refractivity contribution >= 4 is 29.6 Å². The van der Waals surface area contributed by atoms with Gasteiger partial charge in [-0.1, -0.05) is 49.7 Å². The van der Waals surface area contributed by atoms with Crippen LogP contribution in [0.1, 0.15) is 81.4 Å². The van der Waals surface area contributed by atoms with E-state index < -0.39 is 65.8 Å². The number of carbonyl (C=O) groups is 5. The number of primary amides is 1. The van der Waals surface area contributed by atoms with Gasteiger partial charge in [0.25, 0.3) is 11.8 Å². The number of aliphatic hydroxyl groups excluding tert-OH is 1. The predicted molar refractivity (Wildman–Crippen MR) is 167 cm³/mol. The maximum Gasteiger partial charge on any atom is 0.329 e. The standard InChI is InChI=1S/C33H45N5O7/c1-5-6-11-22-15-16-23(35-20-22)29(41)37-25(19-27(34)39)30(42)36-24(18-21-12-8-7-9-13-21)28(40)31(43)38-17-10-14-26(38)32(44)45-33(2,3)4/h7-9,12-13,15-16,20,24-26,28,40H,5-6,10-11,14,17-19H2,1-4H3,(H2,34,39)(H,36,42)(H,37,41)/t24-,25-,26-,28-/m0/s1. The number of ether oxygens (including phenoxy) is 1. The molecular weight excluding hydrogens is 578 g/mol. The number of aliphatic hydroxyl groups is 1. The summed E-state index contributed by atoms with van der Waals surface area (Å²) in [5.41, 5.74) is 6.37. The van der Waals surface area contributed by atoms with Gasteiger partial charge in [-0.2, -0.15) is 0 Å². The fourth-order valence-corrected chi connectivity index (χ4v) is 5.11. The number of nitrogens with zero attached hydrogens (tertiary/aromatic N) is 2. The zero-order chi connectivity index (χ0) is 33.1. The highest BCUT2D eigenvalue weighted by Gasteiger charge is 2.41. The summed E-state index contributed by atoms with van der Waals surface area (Å²) in [6, 6.07) is 8.77. The van der Waals surface area contributed by atoms with Gasteiger partial charge in [0.15, 0.2) is 6.10 Å². The Kier molecular flexibility index (Phi) is 12.6. The highest BCUT2D eigenvalue weighted by molar-refractivity contribution is 5.98. The van der Waals surface area contributed by atoms with E-state index in [-0.39, 0.29) is 18.7 Å². The molecule has 0 radical (unpaired) electrons. The van der Waals surface area contributed by atoms with Crippen molar-refractivity contribution in [3.63, 3.8) is 0 Å². The molecule has 1 aromatic carbocycles. The molecule has 3 rings (SSSR count). The van der Waals surface area contributed by atoms with Crippen molar-refractivity contribution in [3.8, 4) is 0 Å². The molecule has 4 amide bonds. The number of unbranched alkanes of at least 4 members (excludes halogenated alkanes) is 1. The third-order valence-corrected chi connectivity index (χ3v) is 7.38. The quantitative estimate of drug-likeness (QED) is 0.230. The third-order valence-electron chi connectivity index (χ3n) is 7.38. The minimum absolute atomic E-state index is 0.0441. The Balaban J connectivity index is 1.80. The van der Waals surface area contributed by atoms with Gasteiger partial charge in [0.1, 0.15) is 23.4 Å². The molecule has 4 atom stereocenters. The molecule has 1 aliphatic rings. The van der Waals surface area contributed by atoms with E-state index in [1.807, 2.05) is 0 Å². The number of likely N-dealkylation sites (tertiary alicyclic amines) is 1. The first-order valence-corrected chi connectivity index (χ1v) is 15.4. The summed E-state index contributed by atoms with van der Waals surface area (Å²) in [5, 5.41) is 16.5. The van der Waals surface area contributed by atoms with Gasteiger partial charge in [-0.3, -0.25) is 24.2 Å². The molecule has 12 heteroatoms. The van der Waals surface area contributed by atoms with E-state index in [9.17, 15) is 29.1 Å². The van der Waals surface area contributed by atoms with E-state index in [0.29, 0.717) is 18.4 Å². The average molecular weight is 624 g/mol. The topological polar surface area (TPSA) is 181 Å². The lowest BCUT2D eigenvalue weighted by Crippen LogP contribution is -2.58. The lowest BCUT2D eigenvalue weighted by molar-refractivity contribution is -0.165. The van der Waals surface area contributed by atoms with E-state index in [2.05, 4.69) is 22.5 Å². The normalized spacial score (nSPS) is 16.7. The molecule has 0 bridgehead atoms. The minimum atomic E-state index is -1.75. The number of pyridine rings is 1. The Morgan fingerprint density at radius 1 is 1.07 bits per heavy atom. The lowest BCUT2D eigenvalue weighted by atomic mass is 9.99. The number of esters is 1. The maximum absolute atomic E-state index is 13.6. The summed E-state index contributed by atoms with van der Waals surface area (Å²) in [5.74, 6) is -3.66. The molecule has 1 aromatic heterocycles. The summed E-state index contributed by atoms with van der Waals surface area (Å²) < 4.78 is 5.49. The monoisotopic (exact) mass is 623 g/mol. The Hall–Kier alpha value is -4.32. The van der Waals surface area contributed by atoms with E-state index in [4.69, 9.17) is 10.5 Å². The number of carbonyl (C=O) groups excluding carboxylic acids is 5. The fourth-order valence-electron chi connectivity index (χ4n) is 5.11. The average Bonchev–Trinajstić information content (AvgIpc) is 3.49. The van der Waals surface area contributed by atoms with Gasteiger partial charge in [-0.15, -0.1) is 0 Å². The van der Waals surface area contributed by atoms with Crippen molar-refractivity contribution in [2.75, 3.05) is 6.54 Å². The zero-order valence-corrected chi connectivity index (χ0v) is 26.5. The smallest absolute Gasteiger partial charge is 0.329 e. The molecule has 0 aliphatic carbocycles. The van der Waals surface area contributed by atoms with Crippen LogP contribution in [0.25, 0.3) is 0 Å². The summed E-state index contributed by atoms with van der Waals surface area (Å²) in [6.45, 7) is 7.49. The van der Waals surface area contributed by atoms with Crippen LogP contribution in [0.3, 0.4) is 0 Å². The third kappa shape index (κ3) is 10.7. The van der Waals surface area contributed by atoms with Crippen LogP contribution in [0.5, 0.6) is 0 Å². The van der Waals surface area contributed by atoms with Crippen molar-refractivity contribution in [2.45, 2.75) is 102 Å². The Labute approximate surface area is 264 Å². The fraction of sp³-hybridized carbons (Fsp3) is 0.515. The van der Waals surface area contributed by atoms with Crippen LogP contribution in [0.2, 0.25) is 0 Å². The molecule has 2 heterocycles. The van der Waals surface area contributed by atoms with Crippen molar-refractivity contribution in [1.82, 2.24) is 20.5 Å². The molecular formula is C33H45N5O7. The number of aryl methyl sites for hydroxylation is 1. The predicted octanol–water partition coefficient (Wildman–Crippen LogP) is 1.82. The van der Waals surface area contributed by atoms with Crippen molar-refractivity contribution in [3.05, 3.63) is 65.5 Å². The Bertz CT molecular complexity index is 1330. The molecule has 0 unspecified atom stereocenters. The van der Waals surface area contributed by atoms with Crippen LogP contribution in [0, 0.1) is 0 Å². The number of hydrogen-bond acceptors (Lipinski definition) is 8. The molecule has 0 spiro atoms. The number of benzene rings is 1. The van der Waals surface area contributed by atoms with Crippen molar-refractivity contribution in [2.24, 2.45) is 5.73 Å². The second kappa shape index (κ2) is 16.1. The number of nitrogens with one attached hydrogen (secondary N) is 2. The van der Waals surface area contributed by atoms with E-state index in [1.165, 1.54) is 11.0 Å². The number of aromatic nitrogens is 1. The maximum atomic E-state index is 13.6. The van der Waals surface area contributed by atoms with Crippen LogP contribution in [-0.4, -0.2) is 81.0 Å². The second-order valence-corrected chi connectivity index (χ2v) is 12.3. The summed E-state index contributed by atoms with van der Waals surface area (Å²) in [7, 11) is 0. The molecule has 45 heavy (non-hydrogen) atoms. The highest BCUT2D eigenvalue weighted by Crippen LogP contribution is 2.23. The number of rotatable bonds is 14. The Morgan fingerprint density at radius 3 is 2.38 bits per heavy atom. The van der Waals surface area contributed by atoms with E-state index in [1.54, 1.807) is 63.4 Å². The summed E-state index contributed by atoms with van der Waals surface area (Å²) in [6.07, 6.45) is 3.09. The SMILES string of the molecule is CCCCc1ccc(C(=O)N[C@@H](CC(N)=O)C(=O)N[C@@H](Cc2ccccc2)[C@H](O)C(=O)N2CCC[C@H]2C(=O)OC(C)(C)C)nc1. The largest absolute Gasteiger partial charge is 0.458 e. The van der Waals surface area contributed by atoms with Crippen LogP contribution in [-0.2, 0) is 36.8 Å². The molecule has 1 aliphatic heterocycles. The van der Waals surface area contributed by atoms with Crippen LogP contribution >= 0.6 is 0 Å². The van der Waals surface area contributed by atoms with Gasteiger partial charge in [-0.05, 0) is 70.1 Å². The van der Waals surface area contributed by atoms with Gasteiger partial charge in [-0.25, -0.2) is 4.79 Å². The van der Waals surface area contributed by atoms with Gasteiger partial charge in [0.05, 0.1) is 12.5 Å². The highest BCUT2D eigenvalue weighted by atomic mass is 16.6. The zero-order valence-electron chi connectivity index (χ0n) is 26.5. The van der Waals surface area contributed by atoms with Crippen molar-refractivity contribution in [1.29, 1.82) is 0 Å². The first-order chi connectivity index (χ1) is 21.3. The number of amides is 4. The molecule has 244 valence electrons. The molecule has 1 saturated heterocycles. The van der Waals surface area contributed by atoms with Crippen LogP contribution in [0.15, 0.2) is 48.7 Å². The first kappa shape index (κ1) is 35.2. The molecule has 1 fully saturated rings. The minimum Gasteiger partial charge on any atom is -0.458 e. The van der Waals surface area contributed by atoms with E-state index >= 15 is 0 Å². The second-order valence-electron chi connectivity index (χ2n) is 12.3.